The van der Waals surface area contributed by atoms with E-state index in [1.54, 1.807) is 18.5 Å². The first-order chi connectivity index (χ1) is 8.84. The van der Waals surface area contributed by atoms with Crippen molar-refractivity contribution in [2.45, 2.75) is 38.1 Å². The second-order valence-corrected chi connectivity index (χ2v) is 4.80. The van der Waals surface area contributed by atoms with Crippen LogP contribution in [0.5, 0.6) is 0 Å². The topological polar surface area (TPSA) is 70.7 Å². The highest BCUT2D eigenvalue weighted by Crippen LogP contribution is 2.19. The van der Waals surface area contributed by atoms with Gasteiger partial charge < -0.3 is 5.32 Å². The fourth-order valence-electron chi connectivity index (χ4n) is 2.55. The summed E-state index contributed by atoms with van der Waals surface area (Å²) in [6.45, 7) is 0. The van der Waals surface area contributed by atoms with Gasteiger partial charge in [-0.25, -0.2) is 0 Å². The number of hydrogen-bond donors (Lipinski definition) is 2. The molecular formula is C13H16N4O. The molecule has 3 rings (SSSR count). The first-order valence-corrected chi connectivity index (χ1v) is 6.43. The monoisotopic (exact) mass is 244 g/mol. The molecule has 0 radical (unpaired) electrons. The molecule has 5 nitrogen and oxygen atoms in total. The zero-order valence-corrected chi connectivity index (χ0v) is 10.1. The van der Waals surface area contributed by atoms with Crippen molar-refractivity contribution in [3.05, 3.63) is 24.0 Å². The first-order valence-electron chi connectivity index (χ1n) is 6.43. The summed E-state index contributed by atoms with van der Waals surface area (Å²) in [5.74, 6) is -0.0291. The van der Waals surface area contributed by atoms with E-state index in [0.29, 0.717) is 17.1 Å². The number of nitrogens with zero attached hydrogens (tertiary/aromatic N) is 2. The van der Waals surface area contributed by atoms with Crippen LogP contribution < -0.4 is 5.32 Å². The van der Waals surface area contributed by atoms with Crippen LogP contribution in [0.2, 0.25) is 0 Å². The number of amides is 1. The molecule has 0 atom stereocenters. The van der Waals surface area contributed by atoms with Crippen LogP contribution in [0.4, 0.5) is 0 Å². The minimum Gasteiger partial charge on any atom is -0.349 e. The number of fused-ring (bicyclic) bond motifs is 1. The van der Waals surface area contributed by atoms with Gasteiger partial charge in [0.2, 0.25) is 0 Å². The van der Waals surface area contributed by atoms with E-state index in [0.717, 1.165) is 18.4 Å². The van der Waals surface area contributed by atoms with Crippen LogP contribution in [0, 0.1) is 0 Å². The third-order valence-electron chi connectivity index (χ3n) is 3.53. The SMILES string of the molecule is O=C(NC1CCCCC1)c1ccnc2cn[nH]c12. The van der Waals surface area contributed by atoms with E-state index in [-0.39, 0.29) is 5.91 Å². The highest BCUT2D eigenvalue weighted by molar-refractivity contribution is 6.04. The van der Waals surface area contributed by atoms with Crippen LogP contribution in [0.1, 0.15) is 42.5 Å². The van der Waals surface area contributed by atoms with Gasteiger partial charge in [-0.1, -0.05) is 19.3 Å². The van der Waals surface area contributed by atoms with Crippen LogP contribution in [0.3, 0.4) is 0 Å². The lowest BCUT2D eigenvalue weighted by molar-refractivity contribution is 0.0929. The number of pyridine rings is 1. The van der Waals surface area contributed by atoms with E-state index in [2.05, 4.69) is 20.5 Å². The number of nitrogens with one attached hydrogen (secondary N) is 2. The van der Waals surface area contributed by atoms with Gasteiger partial charge in [-0.15, -0.1) is 0 Å². The molecule has 1 aliphatic rings. The van der Waals surface area contributed by atoms with Crippen molar-refractivity contribution in [3.63, 3.8) is 0 Å². The number of carbonyl (C=O) groups is 1. The van der Waals surface area contributed by atoms with Gasteiger partial charge in [-0.05, 0) is 18.9 Å². The van der Waals surface area contributed by atoms with Gasteiger partial charge in [0.25, 0.3) is 5.91 Å². The molecule has 2 heterocycles. The number of aromatic nitrogens is 3. The number of carbonyl (C=O) groups excluding carboxylic acids is 1. The predicted octanol–water partition coefficient (Wildman–Crippen LogP) is 2.02. The molecule has 1 fully saturated rings. The maximum absolute atomic E-state index is 12.2. The van der Waals surface area contributed by atoms with Crippen molar-refractivity contribution in [2.24, 2.45) is 0 Å². The maximum Gasteiger partial charge on any atom is 0.253 e. The average Bonchev–Trinajstić information content (AvgIpc) is 2.87. The molecule has 0 unspecified atom stereocenters. The van der Waals surface area contributed by atoms with E-state index in [1.807, 2.05) is 0 Å². The van der Waals surface area contributed by atoms with Crippen molar-refractivity contribution in [2.75, 3.05) is 0 Å². The molecule has 2 aromatic rings. The molecule has 1 aliphatic carbocycles. The Morgan fingerprint density at radius 2 is 2.17 bits per heavy atom. The number of aromatic amines is 1. The Bertz CT molecular complexity index is 557. The van der Waals surface area contributed by atoms with E-state index in [9.17, 15) is 4.79 Å². The van der Waals surface area contributed by atoms with Crippen LogP contribution in [-0.4, -0.2) is 27.1 Å². The Labute approximate surface area is 105 Å². The molecule has 1 amide bonds. The van der Waals surface area contributed by atoms with Crippen LogP contribution in [0.25, 0.3) is 11.0 Å². The summed E-state index contributed by atoms with van der Waals surface area (Å²) in [4.78, 5) is 16.4. The summed E-state index contributed by atoms with van der Waals surface area (Å²) < 4.78 is 0. The number of H-pyrrole nitrogens is 1. The van der Waals surface area contributed by atoms with Gasteiger partial charge >= 0.3 is 0 Å². The first kappa shape index (κ1) is 11.2. The zero-order chi connectivity index (χ0) is 12.4. The van der Waals surface area contributed by atoms with Crippen molar-refractivity contribution >= 4 is 16.9 Å². The van der Waals surface area contributed by atoms with Crippen LogP contribution >= 0.6 is 0 Å². The summed E-state index contributed by atoms with van der Waals surface area (Å²) in [5.41, 5.74) is 2.07. The molecule has 2 N–H and O–H groups in total. The molecule has 0 saturated heterocycles. The summed E-state index contributed by atoms with van der Waals surface area (Å²) in [6.07, 6.45) is 9.15. The van der Waals surface area contributed by atoms with Crippen molar-refractivity contribution in [1.29, 1.82) is 0 Å². The van der Waals surface area contributed by atoms with Gasteiger partial charge in [-0.2, -0.15) is 5.10 Å². The lowest BCUT2D eigenvalue weighted by Crippen LogP contribution is -2.36. The second-order valence-electron chi connectivity index (χ2n) is 4.80. The van der Waals surface area contributed by atoms with Crippen molar-refractivity contribution < 1.29 is 4.79 Å². The fraction of sp³-hybridized carbons (Fsp3) is 0.462. The lowest BCUT2D eigenvalue weighted by Gasteiger charge is -2.22. The van der Waals surface area contributed by atoms with Crippen molar-refractivity contribution in [1.82, 2.24) is 20.5 Å². The second kappa shape index (κ2) is 4.76. The minimum atomic E-state index is -0.0291. The Balaban J connectivity index is 1.81. The van der Waals surface area contributed by atoms with E-state index in [4.69, 9.17) is 0 Å². The highest BCUT2D eigenvalue weighted by Gasteiger charge is 2.18. The normalized spacial score (nSPS) is 16.9. The fourth-order valence-corrected chi connectivity index (χ4v) is 2.55. The molecule has 2 aromatic heterocycles. The van der Waals surface area contributed by atoms with Gasteiger partial charge in [0.05, 0.1) is 17.3 Å². The molecule has 1 saturated carbocycles. The summed E-state index contributed by atoms with van der Waals surface area (Å²) >= 11 is 0. The Kier molecular flexibility index (Phi) is 2.96. The van der Waals surface area contributed by atoms with Gasteiger partial charge in [0, 0.05) is 12.2 Å². The van der Waals surface area contributed by atoms with E-state index < -0.39 is 0 Å². The molecule has 5 heteroatoms. The molecule has 18 heavy (non-hydrogen) atoms. The van der Waals surface area contributed by atoms with E-state index in [1.165, 1.54) is 19.3 Å². The summed E-state index contributed by atoms with van der Waals surface area (Å²) in [6, 6.07) is 2.05. The molecule has 94 valence electrons. The molecule has 0 spiro atoms. The zero-order valence-electron chi connectivity index (χ0n) is 10.1. The van der Waals surface area contributed by atoms with Gasteiger partial charge in [0.15, 0.2) is 0 Å². The van der Waals surface area contributed by atoms with Crippen LogP contribution in [-0.2, 0) is 0 Å². The standard InChI is InChI=1S/C13H16N4O/c18-13(16-9-4-2-1-3-5-9)10-6-7-14-11-8-15-17-12(10)11/h6-9H,1-5H2,(H,15,17)(H,16,18). The predicted molar refractivity (Wildman–Crippen MR) is 68.2 cm³/mol. The summed E-state index contributed by atoms with van der Waals surface area (Å²) in [5, 5.41) is 9.86. The Morgan fingerprint density at radius 3 is 3.00 bits per heavy atom. The maximum atomic E-state index is 12.2. The number of rotatable bonds is 2. The third kappa shape index (κ3) is 2.08. The van der Waals surface area contributed by atoms with E-state index >= 15 is 0 Å². The third-order valence-corrected chi connectivity index (χ3v) is 3.53. The lowest BCUT2D eigenvalue weighted by atomic mass is 9.95. The molecule has 0 bridgehead atoms. The quantitative estimate of drug-likeness (QED) is 0.849. The number of hydrogen-bond acceptors (Lipinski definition) is 3. The largest absolute Gasteiger partial charge is 0.349 e. The Morgan fingerprint density at radius 1 is 1.33 bits per heavy atom. The molecule has 0 aliphatic heterocycles. The minimum absolute atomic E-state index is 0.0291. The smallest absolute Gasteiger partial charge is 0.253 e. The van der Waals surface area contributed by atoms with Crippen LogP contribution in [0.15, 0.2) is 18.5 Å². The average molecular weight is 244 g/mol. The molecule has 0 aromatic carbocycles. The molecular weight excluding hydrogens is 228 g/mol. The Hall–Kier alpha value is -1.91. The summed E-state index contributed by atoms with van der Waals surface area (Å²) in [7, 11) is 0. The van der Waals surface area contributed by atoms with Crippen molar-refractivity contribution in [3.8, 4) is 0 Å². The van der Waals surface area contributed by atoms with Gasteiger partial charge in [0.1, 0.15) is 5.52 Å². The van der Waals surface area contributed by atoms with Gasteiger partial charge in [-0.3, -0.25) is 14.9 Å². The highest BCUT2D eigenvalue weighted by atomic mass is 16.1.